The molecule has 1 amide bonds. The highest BCUT2D eigenvalue weighted by atomic mass is 79.9. The standard InChI is InChI=1S/C14H17BrFNO/c1-9-4-3-5-10(2)17(9)14(18)12-8-11(16)6-7-13(12)15/h6-10H,3-5H2,1-2H3. The normalized spacial score (nSPS) is 24.1. The van der Waals surface area contributed by atoms with Gasteiger partial charge in [0.1, 0.15) is 5.82 Å². The summed E-state index contributed by atoms with van der Waals surface area (Å²) in [6, 6.07) is 4.68. The molecule has 1 aromatic carbocycles. The van der Waals surface area contributed by atoms with E-state index in [0.29, 0.717) is 10.0 Å². The van der Waals surface area contributed by atoms with E-state index >= 15 is 0 Å². The highest BCUT2D eigenvalue weighted by molar-refractivity contribution is 9.10. The van der Waals surface area contributed by atoms with E-state index in [9.17, 15) is 9.18 Å². The van der Waals surface area contributed by atoms with E-state index < -0.39 is 0 Å². The van der Waals surface area contributed by atoms with Crippen LogP contribution in [0.1, 0.15) is 43.5 Å². The van der Waals surface area contributed by atoms with Crippen molar-refractivity contribution in [1.82, 2.24) is 4.90 Å². The maximum absolute atomic E-state index is 13.3. The van der Waals surface area contributed by atoms with Gasteiger partial charge < -0.3 is 4.90 Å². The first-order valence-electron chi connectivity index (χ1n) is 6.28. The number of hydrogen-bond acceptors (Lipinski definition) is 1. The number of hydrogen-bond donors (Lipinski definition) is 0. The molecule has 2 nitrogen and oxygen atoms in total. The summed E-state index contributed by atoms with van der Waals surface area (Å²) in [7, 11) is 0. The molecule has 1 aliphatic rings. The Morgan fingerprint density at radius 2 is 1.94 bits per heavy atom. The molecule has 2 unspecified atom stereocenters. The van der Waals surface area contributed by atoms with Gasteiger partial charge in [-0.25, -0.2) is 4.39 Å². The Hall–Kier alpha value is -0.900. The van der Waals surface area contributed by atoms with Gasteiger partial charge in [-0.2, -0.15) is 0 Å². The highest BCUT2D eigenvalue weighted by Crippen LogP contribution is 2.27. The largest absolute Gasteiger partial charge is 0.333 e. The summed E-state index contributed by atoms with van der Waals surface area (Å²) in [4.78, 5) is 14.4. The first-order chi connectivity index (χ1) is 8.50. The molecular weight excluding hydrogens is 297 g/mol. The van der Waals surface area contributed by atoms with Gasteiger partial charge in [0.2, 0.25) is 0 Å². The number of carbonyl (C=O) groups is 1. The van der Waals surface area contributed by atoms with E-state index in [1.807, 2.05) is 4.90 Å². The van der Waals surface area contributed by atoms with E-state index in [1.54, 1.807) is 6.07 Å². The van der Waals surface area contributed by atoms with Crippen LogP contribution in [0.4, 0.5) is 4.39 Å². The van der Waals surface area contributed by atoms with Gasteiger partial charge in [0, 0.05) is 16.6 Å². The molecule has 2 rings (SSSR count). The molecule has 2 atom stereocenters. The molecule has 0 N–H and O–H groups in total. The Morgan fingerprint density at radius 3 is 2.56 bits per heavy atom. The average molecular weight is 314 g/mol. The van der Waals surface area contributed by atoms with E-state index in [1.165, 1.54) is 12.1 Å². The van der Waals surface area contributed by atoms with Crippen LogP contribution in [0.2, 0.25) is 0 Å². The van der Waals surface area contributed by atoms with Crippen LogP contribution in [0.25, 0.3) is 0 Å². The van der Waals surface area contributed by atoms with Gasteiger partial charge in [-0.15, -0.1) is 0 Å². The Bertz CT molecular complexity index is 453. The SMILES string of the molecule is CC1CCCC(C)N1C(=O)c1cc(F)ccc1Br. The number of amides is 1. The molecule has 1 fully saturated rings. The van der Waals surface area contributed by atoms with Crippen LogP contribution in [0.15, 0.2) is 22.7 Å². The molecule has 1 aromatic rings. The van der Waals surface area contributed by atoms with Crippen LogP contribution in [-0.2, 0) is 0 Å². The zero-order chi connectivity index (χ0) is 13.3. The Balaban J connectivity index is 2.32. The second-order valence-corrected chi connectivity index (χ2v) is 5.82. The van der Waals surface area contributed by atoms with Crippen LogP contribution in [-0.4, -0.2) is 22.9 Å². The van der Waals surface area contributed by atoms with Gasteiger partial charge in [0.15, 0.2) is 0 Å². The molecule has 0 spiro atoms. The zero-order valence-corrected chi connectivity index (χ0v) is 12.2. The maximum atomic E-state index is 13.3. The topological polar surface area (TPSA) is 20.3 Å². The van der Waals surface area contributed by atoms with E-state index in [-0.39, 0.29) is 23.8 Å². The van der Waals surface area contributed by atoms with Crippen molar-refractivity contribution in [1.29, 1.82) is 0 Å². The molecular formula is C14H17BrFNO. The van der Waals surface area contributed by atoms with Crippen molar-refractivity contribution >= 4 is 21.8 Å². The lowest BCUT2D eigenvalue weighted by atomic mass is 9.96. The Kier molecular flexibility index (Phi) is 4.05. The molecule has 0 saturated carbocycles. The number of rotatable bonds is 1. The monoisotopic (exact) mass is 313 g/mol. The average Bonchev–Trinajstić information content (AvgIpc) is 2.32. The summed E-state index contributed by atoms with van der Waals surface area (Å²) in [6.45, 7) is 4.11. The lowest BCUT2D eigenvalue weighted by Gasteiger charge is -2.39. The Morgan fingerprint density at radius 1 is 1.33 bits per heavy atom. The minimum absolute atomic E-state index is 0.0823. The van der Waals surface area contributed by atoms with Crippen LogP contribution in [0, 0.1) is 5.82 Å². The summed E-state index contributed by atoms with van der Waals surface area (Å²) in [5, 5.41) is 0. The van der Waals surface area contributed by atoms with Crippen LogP contribution in [0.5, 0.6) is 0 Å². The molecule has 4 heteroatoms. The van der Waals surface area contributed by atoms with Gasteiger partial charge in [-0.3, -0.25) is 4.79 Å². The fourth-order valence-electron chi connectivity index (χ4n) is 2.62. The van der Waals surface area contributed by atoms with Crippen molar-refractivity contribution in [3.63, 3.8) is 0 Å². The highest BCUT2D eigenvalue weighted by Gasteiger charge is 2.30. The number of likely N-dealkylation sites (tertiary alicyclic amines) is 1. The Labute approximate surface area is 115 Å². The molecule has 18 heavy (non-hydrogen) atoms. The minimum Gasteiger partial charge on any atom is -0.333 e. The molecule has 0 aromatic heterocycles. The van der Waals surface area contributed by atoms with Crippen molar-refractivity contribution in [2.24, 2.45) is 0 Å². The fourth-order valence-corrected chi connectivity index (χ4v) is 3.04. The second kappa shape index (κ2) is 5.39. The quantitative estimate of drug-likeness (QED) is 0.767. The van der Waals surface area contributed by atoms with Crippen LogP contribution in [0.3, 0.4) is 0 Å². The van der Waals surface area contributed by atoms with Gasteiger partial charge >= 0.3 is 0 Å². The second-order valence-electron chi connectivity index (χ2n) is 4.97. The summed E-state index contributed by atoms with van der Waals surface area (Å²) < 4.78 is 13.9. The maximum Gasteiger partial charge on any atom is 0.255 e. The molecule has 1 saturated heterocycles. The third-order valence-electron chi connectivity index (χ3n) is 3.59. The van der Waals surface area contributed by atoms with Gasteiger partial charge in [-0.1, -0.05) is 0 Å². The number of nitrogens with zero attached hydrogens (tertiary/aromatic N) is 1. The van der Waals surface area contributed by atoms with Crippen molar-refractivity contribution in [2.75, 3.05) is 0 Å². The zero-order valence-electron chi connectivity index (χ0n) is 10.6. The summed E-state index contributed by atoms with van der Waals surface area (Å²) in [6.07, 6.45) is 3.18. The third-order valence-corrected chi connectivity index (χ3v) is 4.28. The number of halogens is 2. The number of carbonyl (C=O) groups excluding carboxylic acids is 1. The van der Waals surface area contributed by atoms with Crippen LogP contribution < -0.4 is 0 Å². The van der Waals surface area contributed by atoms with Crippen molar-refractivity contribution in [3.05, 3.63) is 34.1 Å². The van der Waals surface area contributed by atoms with E-state index in [4.69, 9.17) is 0 Å². The molecule has 98 valence electrons. The van der Waals surface area contributed by atoms with Gasteiger partial charge in [-0.05, 0) is 67.2 Å². The summed E-state index contributed by atoms with van der Waals surface area (Å²) in [5.41, 5.74) is 0.413. The van der Waals surface area contributed by atoms with Gasteiger partial charge in [0.25, 0.3) is 5.91 Å². The molecule has 1 aliphatic heterocycles. The molecule has 0 aliphatic carbocycles. The lowest BCUT2D eigenvalue weighted by Crippen LogP contribution is -2.47. The first kappa shape index (κ1) is 13.5. The van der Waals surface area contributed by atoms with E-state index in [2.05, 4.69) is 29.8 Å². The number of benzene rings is 1. The van der Waals surface area contributed by atoms with Crippen molar-refractivity contribution in [3.8, 4) is 0 Å². The predicted molar refractivity (Wildman–Crippen MR) is 73.0 cm³/mol. The van der Waals surface area contributed by atoms with Crippen molar-refractivity contribution in [2.45, 2.75) is 45.2 Å². The summed E-state index contributed by atoms with van der Waals surface area (Å²) in [5.74, 6) is -0.458. The van der Waals surface area contributed by atoms with Crippen molar-refractivity contribution < 1.29 is 9.18 Å². The lowest BCUT2D eigenvalue weighted by molar-refractivity contribution is 0.0509. The first-order valence-corrected chi connectivity index (χ1v) is 7.07. The third kappa shape index (κ3) is 2.58. The molecule has 1 heterocycles. The summed E-state index contributed by atoms with van der Waals surface area (Å²) >= 11 is 3.32. The smallest absolute Gasteiger partial charge is 0.255 e. The molecule has 0 bridgehead atoms. The molecule has 0 radical (unpaired) electrons. The van der Waals surface area contributed by atoms with Gasteiger partial charge in [0.05, 0.1) is 5.56 Å². The predicted octanol–water partition coefficient (Wildman–Crippen LogP) is 3.99. The fraction of sp³-hybridized carbons (Fsp3) is 0.500. The van der Waals surface area contributed by atoms with E-state index in [0.717, 1.165) is 19.3 Å². The minimum atomic E-state index is -0.376. The van der Waals surface area contributed by atoms with Crippen LogP contribution >= 0.6 is 15.9 Å². The number of piperidine rings is 1.